The highest BCUT2D eigenvalue weighted by Gasteiger charge is 2.22. The van der Waals surface area contributed by atoms with E-state index in [-0.39, 0.29) is 0 Å². The number of fused-ring (bicyclic) bond motifs is 1. The van der Waals surface area contributed by atoms with Crippen molar-refractivity contribution in [1.29, 1.82) is 0 Å². The number of nitrogens with zero attached hydrogens (tertiary/aromatic N) is 4. The molecule has 1 aliphatic heterocycles. The van der Waals surface area contributed by atoms with Gasteiger partial charge in [-0.05, 0) is 36.6 Å². The molecule has 4 heterocycles. The lowest BCUT2D eigenvalue weighted by Crippen LogP contribution is -2.51. The molecule has 1 atom stereocenters. The van der Waals surface area contributed by atoms with Crippen molar-refractivity contribution in [3.05, 3.63) is 35.5 Å². The predicted molar refractivity (Wildman–Crippen MR) is 106 cm³/mol. The summed E-state index contributed by atoms with van der Waals surface area (Å²) >= 11 is 6.46. The lowest BCUT2D eigenvalue weighted by atomic mass is 10.0. The maximum atomic E-state index is 6.46. The van der Waals surface area contributed by atoms with E-state index in [4.69, 9.17) is 16.6 Å². The van der Waals surface area contributed by atoms with E-state index in [9.17, 15) is 0 Å². The van der Waals surface area contributed by atoms with Gasteiger partial charge >= 0.3 is 0 Å². The lowest BCUT2D eigenvalue weighted by molar-refractivity contribution is 0.387. The van der Waals surface area contributed by atoms with Gasteiger partial charge in [0.05, 0.1) is 10.7 Å². The number of rotatable bonds is 4. The van der Waals surface area contributed by atoms with Gasteiger partial charge in [-0.1, -0.05) is 25.4 Å². The number of hydrogen-bond donors (Lipinski definition) is 2. The van der Waals surface area contributed by atoms with Gasteiger partial charge in [-0.25, -0.2) is 9.97 Å². The second kappa shape index (κ2) is 7.21. The average Bonchev–Trinajstić information content (AvgIpc) is 3.06. The Kier molecular flexibility index (Phi) is 4.78. The molecule has 3 aromatic heterocycles. The molecule has 0 bridgehead atoms. The molecule has 0 saturated carbocycles. The summed E-state index contributed by atoms with van der Waals surface area (Å²) in [5.41, 5.74) is 2.21. The van der Waals surface area contributed by atoms with E-state index in [1.165, 1.54) is 0 Å². The number of piperazine rings is 1. The molecule has 1 aliphatic rings. The van der Waals surface area contributed by atoms with Crippen molar-refractivity contribution in [2.75, 3.05) is 24.5 Å². The fourth-order valence-corrected chi connectivity index (χ4v) is 3.77. The van der Waals surface area contributed by atoms with Crippen LogP contribution in [0.15, 0.2) is 30.5 Å². The summed E-state index contributed by atoms with van der Waals surface area (Å²) in [6.45, 7) is 7.38. The maximum Gasteiger partial charge on any atom is 0.181 e. The van der Waals surface area contributed by atoms with Crippen LogP contribution in [0, 0.1) is 5.92 Å². The zero-order chi connectivity index (χ0) is 18.1. The normalized spacial score (nSPS) is 18.0. The zero-order valence-electron chi connectivity index (χ0n) is 15.0. The number of H-pyrrole nitrogens is 1. The monoisotopic (exact) mass is 370 g/mol. The fraction of sp³-hybridized carbons (Fsp3) is 0.421. The highest BCUT2D eigenvalue weighted by atomic mass is 35.5. The Labute approximate surface area is 158 Å². The van der Waals surface area contributed by atoms with Crippen LogP contribution in [0.3, 0.4) is 0 Å². The van der Waals surface area contributed by atoms with Crippen LogP contribution in [-0.2, 0) is 0 Å². The van der Waals surface area contributed by atoms with E-state index in [1.807, 2.05) is 24.3 Å². The van der Waals surface area contributed by atoms with E-state index in [2.05, 4.69) is 39.2 Å². The van der Waals surface area contributed by atoms with Crippen LogP contribution >= 0.6 is 11.6 Å². The molecule has 0 radical (unpaired) electrons. The lowest BCUT2D eigenvalue weighted by Gasteiger charge is -2.35. The van der Waals surface area contributed by atoms with Crippen LogP contribution in [0.4, 0.5) is 5.82 Å². The number of anilines is 1. The summed E-state index contributed by atoms with van der Waals surface area (Å²) in [4.78, 5) is 11.5. The Hall–Kier alpha value is -2.18. The number of pyridine rings is 2. The fourth-order valence-electron chi connectivity index (χ4n) is 3.57. The summed E-state index contributed by atoms with van der Waals surface area (Å²) in [5.74, 6) is 1.62. The third-order valence-electron chi connectivity index (χ3n) is 4.73. The first-order valence-corrected chi connectivity index (χ1v) is 9.44. The van der Waals surface area contributed by atoms with Crippen molar-refractivity contribution < 1.29 is 0 Å². The van der Waals surface area contributed by atoms with Crippen LogP contribution in [0.1, 0.15) is 20.3 Å². The maximum absolute atomic E-state index is 6.46. The molecule has 7 heteroatoms. The molecule has 26 heavy (non-hydrogen) atoms. The van der Waals surface area contributed by atoms with Crippen LogP contribution in [0.25, 0.3) is 22.4 Å². The first-order chi connectivity index (χ1) is 12.6. The SMILES string of the molecule is CC(C)C[C@H]1CN(c2ccc(Cl)c(-c3[nH]nc4ncccc34)n2)CCN1. The van der Waals surface area contributed by atoms with Gasteiger partial charge in [0.15, 0.2) is 5.65 Å². The summed E-state index contributed by atoms with van der Waals surface area (Å²) in [5, 5.41) is 12.5. The van der Waals surface area contributed by atoms with Crippen molar-refractivity contribution in [2.45, 2.75) is 26.3 Å². The van der Waals surface area contributed by atoms with Gasteiger partial charge in [0.1, 0.15) is 11.5 Å². The Morgan fingerprint density at radius 3 is 3.04 bits per heavy atom. The third-order valence-corrected chi connectivity index (χ3v) is 5.04. The summed E-state index contributed by atoms with van der Waals surface area (Å²) in [6, 6.07) is 8.28. The minimum Gasteiger partial charge on any atom is -0.354 e. The van der Waals surface area contributed by atoms with E-state index < -0.39 is 0 Å². The molecule has 0 amide bonds. The van der Waals surface area contributed by atoms with Crippen molar-refractivity contribution in [3.63, 3.8) is 0 Å². The molecule has 1 saturated heterocycles. The Morgan fingerprint density at radius 2 is 2.19 bits per heavy atom. The minimum atomic E-state index is 0.488. The van der Waals surface area contributed by atoms with E-state index in [0.717, 1.165) is 48.6 Å². The van der Waals surface area contributed by atoms with Crippen LogP contribution < -0.4 is 10.2 Å². The molecular weight excluding hydrogens is 348 g/mol. The van der Waals surface area contributed by atoms with E-state index in [0.29, 0.717) is 22.6 Å². The van der Waals surface area contributed by atoms with Crippen molar-refractivity contribution in [1.82, 2.24) is 25.5 Å². The molecule has 0 aliphatic carbocycles. The Morgan fingerprint density at radius 1 is 1.31 bits per heavy atom. The first kappa shape index (κ1) is 17.2. The third kappa shape index (κ3) is 3.39. The number of nitrogens with one attached hydrogen (secondary N) is 2. The molecule has 0 spiro atoms. The topological polar surface area (TPSA) is 69.7 Å². The Balaban J connectivity index is 1.66. The second-order valence-corrected chi connectivity index (χ2v) is 7.61. The number of hydrogen-bond acceptors (Lipinski definition) is 5. The molecule has 6 nitrogen and oxygen atoms in total. The van der Waals surface area contributed by atoms with Gasteiger partial charge in [-0.3, -0.25) is 5.10 Å². The smallest absolute Gasteiger partial charge is 0.181 e. The molecule has 4 rings (SSSR count). The minimum absolute atomic E-state index is 0.488. The van der Waals surface area contributed by atoms with Gasteiger partial charge in [0.25, 0.3) is 0 Å². The van der Waals surface area contributed by atoms with Gasteiger partial charge in [0.2, 0.25) is 0 Å². The quantitative estimate of drug-likeness (QED) is 0.735. The molecule has 0 unspecified atom stereocenters. The summed E-state index contributed by atoms with van der Waals surface area (Å²) in [6.07, 6.45) is 2.89. The van der Waals surface area contributed by atoms with Gasteiger partial charge < -0.3 is 10.2 Å². The van der Waals surface area contributed by atoms with Gasteiger partial charge in [-0.2, -0.15) is 5.10 Å². The summed E-state index contributed by atoms with van der Waals surface area (Å²) in [7, 11) is 0. The van der Waals surface area contributed by atoms with E-state index >= 15 is 0 Å². The number of aromatic amines is 1. The van der Waals surface area contributed by atoms with Crippen molar-refractivity contribution in [2.24, 2.45) is 5.92 Å². The molecular formula is C19H23ClN6. The molecule has 3 aromatic rings. The molecule has 1 fully saturated rings. The largest absolute Gasteiger partial charge is 0.354 e. The standard InChI is InChI=1S/C19H23ClN6/c1-12(2)10-13-11-26(9-8-21-13)16-6-5-15(20)18(23-16)17-14-4-3-7-22-19(14)25-24-17/h3-7,12-13,21H,8-11H2,1-2H3,(H,22,24,25)/t13-/m0/s1. The highest BCUT2D eigenvalue weighted by molar-refractivity contribution is 6.33. The van der Waals surface area contributed by atoms with Crippen LogP contribution in [0.2, 0.25) is 5.02 Å². The van der Waals surface area contributed by atoms with Crippen LogP contribution in [-0.4, -0.2) is 45.8 Å². The molecule has 0 aromatic carbocycles. The first-order valence-electron chi connectivity index (χ1n) is 9.06. The Bertz CT molecular complexity index is 906. The number of halogens is 1. The molecule has 136 valence electrons. The average molecular weight is 371 g/mol. The number of aromatic nitrogens is 4. The van der Waals surface area contributed by atoms with Crippen molar-refractivity contribution >= 4 is 28.5 Å². The zero-order valence-corrected chi connectivity index (χ0v) is 15.8. The summed E-state index contributed by atoms with van der Waals surface area (Å²) < 4.78 is 0. The predicted octanol–water partition coefficient (Wildman–Crippen LogP) is 3.50. The van der Waals surface area contributed by atoms with Crippen molar-refractivity contribution in [3.8, 4) is 11.4 Å². The van der Waals surface area contributed by atoms with E-state index in [1.54, 1.807) is 6.20 Å². The molecule has 2 N–H and O–H groups in total. The highest BCUT2D eigenvalue weighted by Crippen LogP contribution is 2.31. The second-order valence-electron chi connectivity index (χ2n) is 7.20. The van der Waals surface area contributed by atoms with Gasteiger partial charge in [-0.15, -0.1) is 0 Å². The van der Waals surface area contributed by atoms with Gasteiger partial charge in [0, 0.05) is 37.3 Å². The van der Waals surface area contributed by atoms with Crippen LogP contribution in [0.5, 0.6) is 0 Å².